The van der Waals surface area contributed by atoms with Crippen LogP contribution in [0.3, 0.4) is 0 Å². The van der Waals surface area contributed by atoms with Crippen molar-refractivity contribution in [2.45, 2.75) is 19.4 Å². The molecule has 0 radical (unpaired) electrons. The van der Waals surface area contributed by atoms with Crippen LogP contribution in [0.4, 0.5) is 15.8 Å². The van der Waals surface area contributed by atoms with Gasteiger partial charge in [0, 0.05) is 13.1 Å². The number of hydrogen-bond acceptors (Lipinski definition) is 5. The zero-order valence-corrected chi connectivity index (χ0v) is 20.2. The summed E-state index contributed by atoms with van der Waals surface area (Å²) in [6, 6.07) is 20.8. The van der Waals surface area contributed by atoms with Gasteiger partial charge in [-0.25, -0.2) is 14.2 Å². The fourth-order valence-electron chi connectivity index (χ4n) is 4.26. The zero-order chi connectivity index (χ0) is 25.1. The van der Waals surface area contributed by atoms with Crippen LogP contribution >= 0.6 is 11.8 Å². The van der Waals surface area contributed by atoms with E-state index >= 15 is 0 Å². The number of amidine groups is 1. The Morgan fingerprint density at radius 1 is 1.03 bits per heavy atom. The molecule has 0 saturated carbocycles. The van der Waals surface area contributed by atoms with Crippen LogP contribution in [0, 0.1) is 5.82 Å². The van der Waals surface area contributed by atoms with Crippen molar-refractivity contribution in [2.75, 3.05) is 18.0 Å². The van der Waals surface area contributed by atoms with Gasteiger partial charge in [-0.1, -0.05) is 36.4 Å². The number of aliphatic imine (C=N–C) groups is 1. The molecule has 1 N–H and O–H groups in total. The molecule has 0 spiro atoms. The molecule has 5 rings (SSSR count). The van der Waals surface area contributed by atoms with Crippen molar-refractivity contribution in [3.63, 3.8) is 0 Å². The highest BCUT2D eigenvalue weighted by atomic mass is 32.2. The molecule has 0 aliphatic carbocycles. The number of carbonyl (C=O) groups is 2. The Kier molecular flexibility index (Phi) is 6.86. The molecule has 36 heavy (non-hydrogen) atoms. The number of hydrogen-bond donors (Lipinski definition) is 1. The van der Waals surface area contributed by atoms with Gasteiger partial charge in [0.15, 0.2) is 5.17 Å². The molecule has 182 valence electrons. The highest BCUT2D eigenvalue weighted by Crippen LogP contribution is 2.36. The smallest absolute Gasteiger partial charge is 0.335 e. The Balaban J connectivity index is 1.44. The molecular weight excluding hydrogens is 477 g/mol. The SMILES string of the molecule is O=C(O)c1ccc(CN2C(=O)/C(=C/c3ccc(N4CCCC4)c(F)c3)SC2=Nc2ccccc2)cc1. The fraction of sp³-hybridized carbons (Fsp3) is 0.179. The minimum absolute atomic E-state index is 0.180. The topological polar surface area (TPSA) is 73.2 Å². The highest BCUT2D eigenvalue weighted by molar-refractivity contribution is 8.18. The van der Waals surface area contributed by atoms with Gasteiger partial charge < -0.3 is 10.0 Å². The molecule has 2 aliphatic rings. The minimum atomic E-state index is -1.01. The second-order valence-corrected chi connectivity index (χ2v) is 9.65. The van der Waals surface area contributed by atoms with Crippen molar-refractivity contribution in [1.29, 1.82) is 0 Å². The minimum Gasteiger partial charge on any atom is -0.478 e. The van der Waals surface area contributed by atoms with E-state index in [-0.39, 0.29) is 23.8 Å². The third kappa shape index (κ3) is 5.18. The van der Waals surface area contributed by atoms with E-state index < -0.39 is 5.97 Å². The summed E-state index contributed by atoms with van der Waals surface area (Å²) >= 11 is 1.24. The third-order valence-corrected chi connectivity index (χ3v) is 7.13. The molecule has 2 heterocycles. The Morgan fingerprint density at radius 3 is 2.42 bits per heavy atom. The predicted molar refractivity (Wildman–Crippen MR) is 141 cm³/mol. The van der Waals surface area contributed by atoms with Gasteiger partial charge in [0.2, 0.25) is 0 Å². The van der Waals surface area contributed by atoms with E-state index in [1.807, 2.05) is 41.3 Å². The second-order valence-electron chi connectivity index (χ2n) is 8.64. The maximum Gasteiger partial charge on any atom is 0.335 e. The number of para-hydroxylation sites is 1. The van der Waals surface area contributed by atoms with E-state index in [0.29, 0.717) is 27.0 Å². The first-order valence-corrected chi connectivity index (χ1v) is 12.5. The highest BCUT2D eigenvalue weighted by Gasteiger charge is 2.33. The molecule has 0 unspecified atom stereocenters. The fourth-order valence-corrected chi connectivity index (χ4v) is 5.26. The van der Waals surface area contributed by atoms with Crippen LogP contribution in [0.15, 0.2) is 82.7 Å². The second kappa shape index (κ2) is 10.4. The quantitative estimate of drug-likeness (QED) is 0.424. The van der Waals surface area contributed by atoms with Crippen molar-refractivity contribution < 1.29 is 19.1 Å². The molecule has 6 nitrogen and oxygen atoms in total. The molecule has 1 amide bonds. The molecule has 8 heteroatoms. The molecule has 2 fully saturated rings. The molecule has 0 atom stereocenters. The van der Waals surface area contributed by atoms with Crippen LogP contribution in [0.5, 0.6) is 0 Å². The molecular formula is C28H24FN3O3S. The number of aromatic carboxylic acids is 1. The van der Waals surface area contributed by atoms with Crippen molar-refractivity contribution in [3.05, 3.63) is 100 Å². The van der Waals surface area contributed by atoms with Gasteiger partial charge in [-0.3, -0.25) is 9.69 Å². The normalized spacial score (nSPS) is 18.0. The predicted octanol–water partition coefficient (Wildman–Crippen LogP) is 5.93. The lowest BCUT2D eigenvalue weighted by Crippen LogP contribution is -2.28. The van der Waals surface area contributed by atoms with Gasteiger partial charge >= 0.3 is 5.97 Å². The summed E-state index contributed by atoms with van der Waals surface area (Å²) in [5, 5.41) is 9.67. The molecule has 2 aliphatic heterocycles. The van der Waals surface area contributed by atoms with Crippen LogP contribution in [0.2, 0.25) is 0 Å². The first-order valence-electron chi connectivity index (χ1n) is 11.7. The molecule has 0 bridgehead atoms. The van der Waals surface area contributed by atoms with E-state index in [0.717, 1.165) is 31.5 Å². The molecule has 3 aromatic rings. The van der Waals surface area contributed by atoms with Crippen molar-refractivity contribution in [1.82, 2.24) is 4.90 Å². The van der Waals surface area contributed by atoms with Crippen molar-refractivity contribution in [2.24, 2.45) is 4.99 Å². The van der Waals surface area contributed by atoms with E-state index in [2.05, 4.69) is 4.99 Å². The number of nitrogens with zero attached hydrogens (tertiary/aromatic N) is 3. The third-order valence-electron chi connectivity index (χ3n) is 6.13. The number of halogens is 1. The molecule has 0 aromatic heterocycles. The van der Waals surface area contributed by atoms with Crippen LogP contribution in [-0.2, 0) is 11.3 Å². The summed E-state index contributed by atoms with van der Waals surface area (Å²) in [6.45, 7) is 1.94. The van der Waals surface area contributed by atoms with Crippen LogP contribution in [0.25, 0.3) is 6.08 Å². The van der Waals surface area contributed by atoms with Gasteiger partial charge in [-0.05, 0) is 78.2 Å². The van der Waals surface area contributed by atoms with Crippen molar-refractivity contribution >= 4 is 46.3 Å². The zero-order valence-electron chi connectivity index (χ0n) is 19.4. The lowest BCUT2D eigenvalue weighted by Gasteiger charge is -2.18. The summed E-state index contributed by atoms with van der Waals surface area (Å²) in [4.78, 5) is 33.3. The maximum absolute atomic E-state index is 14.9. The van der Waals surface area contributed by atoms with Crippen LogP contribution < -0.4 is 4.90 Å². The van der Waals surface area contributed by atoms with E-state index in [1.54, 1.807) is 29.2 Å². The van der Waals surface area contributed by atoms with Crippen LogP contribution in [-0.4, -0.2) is 40.1 Å². The number of carbonyl (C=O) groups excluding carboxylic acids is 1. The monoisotopic (exact) mass is 501 g/mol. The standard InChI is InChI=1S/C28H24FN3O3S/c29-23-16-20(10-13-24(23)31-14-4-5-15-31)17-25-26(33)32(18-19-8-11-21(12-9-19)27(34)35)28(36-25)30-22-6-2-1-3-7-22/h1-3,6-13,16-17H,4-5,14-15,18H2,(H,34,35)/b25-17-,30-28?. The summed E-state index contributed by atoms with van der Waals surface area (Å²) < 4.78 is 14.9. The van der Waals surface area contributed by atoms with E-state index in [9.17, 15) is 14.0 Å². The van der Waals surface area contributed by atoms with Gasteiger partial charge in [0.1, 0.15) is 5.82 Å². The Morgan fingerprint density at radius 2 is 1.75 bits per heavy atom. The van der Waals surface area contributed by atoms with Gasteiger partial charge in [0.05, 0.1) is 28.4 Å². The van der Waals surface area contributed by atoms with Gasteiger partial charge in [-0.2, -0.15) is 0 Å². The summed E-state index contributed by atoms with van der Waals surface area (Å²) in [6.07, 6.45) is 3.82. The number of carboxylic acids is 1. The number of carboxylic acid groups (broad SMARTS) is 1. The summed E-state index contributed by atoms with van der Waals surface area (Å²) in [5.74, 6) is -1.54. The lowest BCUT2D eigenvalue weighted by atomic mass is 10.1. The van der Waals surface area contributed by atoms with Gasteiger partial charge in [0.25, 0.3) is 5.91 Å². The van der Waals surface area contributed by atoms with Crippen LogP contribution in [0.1, 0.15) is 34.3 Å². The lowest BCUT2D eigenvalue weighted by molar-refractivity contribution is -0.122. The van der Waals surface area contributed by atoms with E-state index in [4.69, 9.17) is 5.11 Å². The largest absolute Gasteiger partial charge is 0.478 e. The first kappa shape index (κ1) is 23.8. The summed E-state index contributed by atoms with van der Waals surface area (Å²) in [7, 11) is 0. The number of benzene rings is 3. The number of thioether (sulfide) groups is 1. The average molecular weight is 502 g/mol. The Labute approximate surface area is 212 Å². The van der Waals surface area contributed by atoms with E-state index in [1.165, 1.54) is 30.0 Å². The summed E-state index contributed by atoms with van der Waals surface area (Å²) in [5.41, 5.74) is 2.87. The number of amides is 1. The number of rotatable bonds is 6. The van der Waals surface area contributed by atoms with Crippen molar-refractivity contribution in [3.8, 4) is 0 Å². The molecule has 2 saturated heterocycles. The van der Waals surface area contributed by atoms with Gasteiger partial charge in [-0.15, -0.1) is 0 Å². The Hall–Kier alpha value is -3.91. The number of anilines is 1. The average Bonchev–Trinajstić information content (AvgIpc) is 3.50. The maximum atomic E-state index is 14.9. The Bertz CT molecular complexity index is 1350. The first-order chi connectivity index (χ1) is 17.5. The molecule has 3 aromatic carbocycles.